The van der Waals surface area contributed by atoms with Gasteiger partial charge in [-0.2, -0.15) is 0 Å². The fourth-order valence-corrected chi connectivity index (χ4v) is 3.79. The van der Waals surface area contributed by atoms with E-state index in [1.165, 1.54) is 24.4 Å². The van der Waals surface area contributed by atoms with Crippen molar-refractivity contribution in [1.29, 1.82) is 0 Å². The molecule has 0 bridgehead atoms. The predicted molar refractivity (Wildman–Crippen MR) is 57.7 cm³/mol. The first kappa shape index (κ1) is 8.82. The van der Waals surface area contributed by atoms with Crippen LogP contribution >= 0.6 is 0 Å². The Labute approximate surface area is 80.9 Å². The molecule has 0 atom stereocenters. The number of benzene rings is 1. The molecule has 1 nitrogen and oxygen atoms in total. The van der Waals surface area contributed by atoms with Gasteiger partial charge in [-0.25, -0.2) is 0 Å². The highest BCUT2D eigenvalue weighted by Crippen LogP contribution is 2.29. The fraction of sp³-hybridized carbons (Fsp3) is 0.455. The quantitative estimate of drug-likeness (QED) is 0.573. The first-order chi connectivity index (χ1) is 6.17. The van der Waals surface area contributed by atoms with Gasteiger partial charge in [0.2, 0.25) is 8.32 Å². The van der Waals surface area contributed by atoms with Gasteiger partial charge in [-0.3, -0.25) is 0 Å². The van der Waals surface area contributed by atoms with E-state index < -0.39 is 8.32 Å². The summed E-state index contributed by atoms with van der Waals surface area (Å²) in [5, 5.41) is 0. The minimum absolute atomic E-state index is 1.14. The third-order valence-corrected chi connectivity index (χ3v) is 4.91. The first-order valence-corrected chi connectivity index (χ1v) is 8.06. The van der Waals surface area contributed by atoms with Crippen molar-refractivity contribution in [2.75, 3.05) is 0 Å². The molecule has 0 amide bonds. The zero-order valence-corrected chi connectivity index (χ0v) is 9.34. The van der Waals surface area contributed by atoms with Gasteiger partial charge in [0.15, 0.2) is 0 Å². The molecule has 0 aliphatic carbocycles. The molecule has 1 aromatic carbocycles. The van der Waals surface area contributed by atoms with Gasteiger partial charge in [-0.05, 0) is 43.6 Å². The summed E-state index contributed by atoms with van der Waals surface area (Å²) < 4.78 is 6.08. The number of hydrogen-bond donors (Lipinski definition) is 0. The molecule has 1 heterocycles. The van der Waals surface area contributed by atoms with Crippen LogP contribution in [0.2, 0.25) is 19.1 Å². The maximum atomic E-state index is 6.08. The van der Waals surface area contributed by atoms with E-state index in [-0.39, 0.29) is 0 Å². The standard InChI is InChI=1S/C11H16OSi/c1-13(2)9-5-7-10-6-3-4-8-11(10)12-13/h3-4,6,8H,5,7,9H2,1-2H3. The molecule has 70 valence electrons. The van der Waals surface area contributed by atoms with E-state index >= 15 is 0 Å². The van der Waals surface area contributed by atoms with Crippen molar-refractivity contribution in [3.05, 3.63) is 29.8 Å². The second-order valence-corrected chi connectivity index (χ2v) is 8.55. The molecule has 1 aromatic rings. The van der Waals surface area contributed by atoms with Crippen LogP contribution in [0.5, 0.6) is 5.75 Å². The Morgan fingerprint density at radius 1 is 1.23 bits per heavy atom. The number of para-hydroxylation sites is 1. The molecule has 2 rings (SSSR count). The van der Waals surface area contributed by atoms with Crippen molar-refractivity contribution >= 4 is 8.32 Å². The van der Waals surface area contributed by atoms with Crippen molar-refractivity contribution < 1.29 is 4.43 Å². The minimum atomic E-state index is -1.39. The van der Waals surface area contributed by atoms with E-state index in [0.29, 0.717) is 0 Å². The van der Waals surface area contributed by atoms with Crippen LogP contribution in [0.25, 0.3) is 0 Å². The lowest BCUT2D eigenvalue weighted by Crippen LogP contribution is -2.32. The van der Waals surface area contributed by atoms with Gasteiger partial charge in [0, 0.05) is 0 Å². The SMILES string of the molecule is C[Si]1(C)CCCc2ccccc2O1. The van der Waals surface area contributed by atoms with Crippen molar-refractivity contribution in [1.82, 2.24) is 0 Å². The first-order valence-electron chi connectivity index (χ1n) is 4.94. The van der Waals surface area contributed by atoms with Crippen LogP contribution in [0, 0.1) is 0 Å². The molecular weight excluding hydrogens is 176 g/mol. The molecule has 0 radical (unpaired) electrons. The summed E-state index contributed by atoms with van der Waals surface area (Å²) in [4.78, 5) is 0. The van der Waals surface area contributed by atoms with E-state index in [9.17, 15) is 0 Å². The van der Waals surface area contributed by atoms with Gasteiger partial charge in [-0.15, -0.1) is 0 Å². The summed E-state index contributed by atoms with van der Waals surface area (Å²) in [6, 6.07) is 9.74. The highest BCUT2D eigenvalue weighted by atomic mass is 28.4. The topological polar surface area (TPSA) is 9.23 Å². The highest BCUT2D eigenvalue weighted by molar-refractivity contribution is 6.71. The summed E-state index contributed by atoms with van der Waals surface area (Å²) in [6.45, 7) is 4.60. The lowest BCUT2D eigenvalue weighted by molar-refractivity contribution is 0.550. The molecule has 2 heteroatoms. The second kappa shape index (κ2) is 3.18. The molecule has 0 fully saturated rings. The highest BCUT2D eigenvalue weighted by Gasteiger charge is 2.27. The summed E-state index contributed by atoms with van der Waals surface area (Å²) in [6.07, 6.45) is 2.48. The van der Waals surface area contributed by atoms with Crippen molar-refractivity contribution in [3.8, 4) is 5.75 Å². The van der Waals surface area contributed by atoms with Crippen LogP contribution in [-0.2, 0) is 6.42 Å². The zero-order valence-electron chi connectivity index (χ0n) is 8.34. The molecule has 0 N–H and O–H groups in total. The molecule has 0 unspecified atom stereocenters. The third-order valence-electron chi connectivity index (χ3n) is 2.58. The summed E-state index contributed by atoms with van der Waals surface area (Å²) in [5.74, 6) is 1.14. The molecule has 1 aliphatic heterocycles. The van der Waals surface area contributed by atoms with Gasteiger partial charge in [0.25, 0.3) is 0 Å². The van der Waals surface area contributed by atoms with Crippen LogP contribution in [0.3, 0.4) is 0 Å². The maximum Gasteiger partial charge on any atom is 0.245 e. The normalized spacial score (nSPS) is 19.8. The second-order valence-electron chi connectivity index (χ2n) is 4.32. The molecular formula is C11H16OSi. The number of fused-ring (bicyclic) bond motifs is 1. The molecule has 0 aromatic heterocycles. The van der Waals surface area contributed by atoms with Crippen molar-refractivity contribution in [2.45, 2.75) is 32.0 Å². The largest absolute Gasteiger partial charge is 0.544 e. The Morgan fingerprint density at radius 3 is 2.85 bits per heavy atom. The van der Waals surface area contributed by atoms with E-state index in [1.807, 2.05) is 0 Å². The van der Waals surface area contributed by atoms with Crippen LogP contribution in [0.4, 0.5) is 0 Å². The molecule has 0 saturated carbocycles. The van der Waals surface area contributed by atoms with E-state index in [4.69, 9.17) is 4.43 Å². The Bertz CT molecular complexity index is 307. The van der Waals surface area contributed by atoms with Gasteiger partial charge in [0.05, 0.1) is 0 Å². The van der Waals surface area contributed by atoms with E-state index in [1.54, 1.807) is 0 Å². The summed E-state index contributed by atoms with van der Waals surface area (Å²) in [7, 11) is -1.39. The van der Waals surface area contributed by atoms with E-state index in [0.717, 1.165) is 5.75 Å². The Hall–Kier alpha value is -0.763. The average Bonchev–Trinajstić information content (AvgIpc) is 2.21. The number of rotatable bonds is 0. The monoisotopic (exact) mass is 192 g/mol. The molecule has 0 spiro atoms. The van der Waals surface area contributed by atoms with Gasteiger partial charge in [0.1, 0.15) is 5.75 Å². The van der Waals surface area contributed by atoms with Gasteiger partial charge in [-0.1, -0.05) is 18.2 Å². The molecule has 13 heavy (non-hydrogen) atoms. The van der Waals surface area contributed by atoms with Gasteiger partial charge >= 0.3 is 0 Å². The summed E-state index contributed by atoms with van der Waals surface area (Å²) in [5.41, 5.74) is 1.39. The van der Waals surface area contributed by atoms with Crippen LogP contribution < -0.4 is 4.43 Å². The lowest BCUT2D eigenvalue weighted by Gasteiger charge is -2.21. The van der Waals surface area contributed by atoms with E-state index in [2.05, 4.69) is 37.4 Å². The van der Waals surface area contributed by atoms with Crippen LogP contribution in [-0.4, -0.2) is 8.32 Å². The lowest BCUT2D eigenvalue weighted by atomic mass is 10.1. The van der Waals surface area contributed by atoms with Gasteiger partial charge < -0.3 is 4.43 Å². The predicted octanol–water partition coefficient (Wildman–Crippen LogP) is 3.22. The smallest absolute Gasteiger partial charge is 0.245 e. The Kier molecular flexibility index (Phi) is 2.16. The Balaban J connectivity index is 2.34. The van der Waals surface area contributed by atoms with Crippen molar-refractivity contribution in [3.63, 3.8) is 0 Å². The average molecular weight is 192 g/mol. The fourth-order valence-electron chi connectivity index (χ4n) is 1.86. The van der Waals surface area contributed by atoms with Crippen molar-refractivity contribution in [2.24, 2.45) is 0 Å². The molecule has 0 saturated heterocycles. The zero-order chi connectivity index (χ0) is 9.31. The number of aryl methyl sites for hydroxylation is 1. The Morgan fingerprint density at radius 2 is 2.00 bits per heavy atom. The minimum Gasteiger partial charge on any atom is -0.544 e. The number of hydrogen-bond acceptors (Lipinski definition) is 1. The maximum absolute atomic E-state index is 6.08. The third kappa shape index (κ3) is 1.94. The van der Waals surface area contributed by atoms with Crippen LogP contribution in [0.1, 0.15) is 12.0 Å². The summed E-state index contributed by atoms with van der Waals surface area (Å²) >= 11 is 0. The van der Waals surface area contributed by atoms with Crippen LogP contribution in [0.15, 0.2) is 24.3 Å². The molecule has 1 aliphatic rings.